The molecule has 11 heteroatoms. The maximum Gasteiger partial charge on any atom is 0.264 e. The quantitative estimate of drug-likeness (QED) is 0.295. The van der Waals surface area contributed by atoms with Gasteiger partial charge in [-0.25, -0.2) is 12.8 Å². The smallest absolute Gasteiger partial charge is 0.264 e. The van der Waals surface area contributed by atoms with Gasteiger partial charge in [0.15, 0.2) is 0 Å². The third-order valence-electron chi connectivity index (χ3n) is 7.64. The summed E-state index contributed by atoms with van der Waals surface area (Å²) in [7, 11) is -1.26. The third kappa shape index (κ3) is 7.84. The van der Waals surface area contributed by atoms with Crippen LogP contribution >= 0.6 is 0 Å². The van der Waals surface area contributed by atoms with Crippen LogP contribution in [0.5, 0.6) is 11.5 Å². The number of benzene rings is 3. The molecule has 0 heterocycles. The molecule has 1 aliphatic rings. The number of nitrogens with zero attached hydrogens (tertiary/aromatic N) is 2. The zero-order valence-electron chi connectivity index (χ0n) is 24.7. The van der Waals surface area contributed by atoms with Crippen molar-refractivity contribution in [1.29, 1.82) is 0 Å². The van der Waals surface area contributed by atoms with Crippen molar-refractivity contribution in [2.24, 2.45) is 0 Å². The van der Waals surface area contributed by atoms with E-state index >= 15 is 0 Å². The zero-order valence-corrected chi connectivity index (χ0v) is 25.5. The van der Waals surface area contributed by atoms with E-state index in [-0.39, 0.29) is 29.1 Å². The van der Waals surface area contributed by atoms with Gasteiger partial charge in [-0.15, -0.1) is 0 Å². The van der Waals surface area contributed by atoms with Crippen molar-refractivity contribution < 1.29 is 31.9 Å². The van der Waals surface area contributed by atoms with Gasteiger partial charge >= 0.3 is 0 Å². The van der Waals surface area contributed by atoms with Gasteiger partial charge in [-0.3, -0.25) is 13.9 Å². The van der Waals surface area contributed by atoms with Gasteiger partial charge in [0.05, 0.1) is 24.8 Å². The molecule has 43 heavy (non-hydrogen) atoms. The minimum atomic E-state index is -4.28. The van der Waals surface area contributed by atoms with Gasteiger partial charge in [-0.2, -0.15) is 0 Å². The molecule has 1 atom stereocenters. The predicted molar refractivity (Wildman–Crippen MR) is 162 cm³/mol. The van der Waals surface area contributed by atoms with Gasteiger partial charge in [-0.05, 0) is 85.5 Å². The van der Waals surface area contributed by atoms with Gasteiger partial charge < -0.3 is 19.7 Å². The van der Waals surface area contributed by atoms with Crippen LogP contribution in [0, 0.1) is 5.82 Å². The zero-order chi connectivity index (χ0) is 31.0. The molecule has 2 amide bonds. The van der Waals surface area contributed by atoms with Gasteiger partial charge in [0, 0.05) is 12.6 Å². The van der Waals surface area contributed by atoms with E-state index in [4.69, 9.17) is 9.47 Å². The number of hydrogen-bond donors (Lipinski definition) is 1. The number of ether oxygens (including phenoxy) is 2. The van der Waals surface area contributed by atoms with Crippen LogP contribution in [0.3, 0.4) is 0 Å². The van der Waals surface area contributed by atoms with Crippen LogP contribution in [-0.4, -0.2) is 58.0 Å². The van der Waals surface area contributed by atoms with Gasteiger partial charge in [-0.1, -0.05) is 31.9 Å². The summed E-state index contributed by atoms with van der Waals surface area (Å²) in [5.41, 5.74) is 0.853. The first-order valence-electron chi connectivity index (χ1n) is 14.3. The summed E-state index contributed by atoms with van der Waals surface area (Å²) in [6.07, 6.45) is 4.15. The molecule has 0 spiro atoms. The Labute approximate surface area is 252 Å². The van der Waals surface area contributed by atoms with E-state index in [1.807, 2.05) is 6.92 Å². The first-order chi connectivity index (χ1) is 20.7. The fraction of sp³-hybridized carbons (Fsp3) is 0.375. The molecule has 230 valence electrons. The Bertz CT molecular complexity index is 1470. The fourth-order valence-corrected chi connectivity index (χ4v) is 6.64. The molecule has 1 aliphatic carbocycles. The molecule has 1 unspecified atom stereocenters. The Balaban J connectivity index is 1.70. The fourth-order valence-electron chi connectivity index (χ4n) is 5.23. The highest BCUT2D eigenvalue weighted by Crippen LogP contribution is 2.27. The molecule has 1 fully saturated rings. The average molecular weight is 612 g/mol. The summed E-state index contributed by atoms with van der Waals surface area (Å²) in [6.45, 7) is 1.28. The van der Waals surface area contributed by atoms with E-state index in [1.54, 1.807) is 31.4 Å². The number of carbonyl (C=O) groups excluding carboxylic acids is 2. The molecular formula is C32H38FN3O6S. The summed E-state index contributed by atoms with van der Waals surface area (Å²) in [5.74, 6) is -0.297. The third-order valence-corrected chi connectivity index (χ3v) is 9.43. The van der Waals surface area contributed by atoms with E-state index in [0.29, 0.717) is 17.9 Å². The highest BCUT2D eigenvalue weighted by atomic mass is 32.2. The second-order valence-corrected chi connectivity index (χ2v) is 12.3. The lowest BCUT2D eigenvalue weighted by Gasteiger charge is -2.33. The minimum Gasteiger partial charge on any atom is -0.497 e. The molecule has 1 saturated carbocycles. The maximum atomic E-state index is 14.2. The maximum absolute atomic E-state index is 14.2. The van der Waals surface area contributed by atoms with Crippen molar-refractivity contribution in [3.05, 3.63) is 84.2 Å². The monoisotopic (exact) mass is 611 g/mol. The number of halogens is 1. The van der Waals surface area contributed by atoms with Crippen LogP contribution in [0.4, 0.5) is 10.1 Å². The Morgan fingerprint density at radius 2 is 1.47 bits per heavy atom. The first-order valence-corrected chi connectivity index (χ1v) is 15.8. The van der Waals surface area contributed by atoms with Gasteiger partial charge in [0.1, 0.15) is 29.9 Å². The molecule has 9 nitrogen and oxygen atoms in total. The summed E-state index contributed by atoms with van der Waals surface area (Å²) < 4.78 is 53.1. The lowest BCUT2D eigenvalue weighted by Crippen LogP contribution is -2.53. The highest BCUT2D eigenvalue weighted by molar-refractivity contribution is 7.92. The van der Waals surface area contributed by atoms with E-state index in [0.717, 1.165) is 47.7 Å². The molecule has 0 saturated heterocycles. The van der Waals surface area contributed by atoms with Gasteiger partial charge in [0.2, 0.25) is 11.8 Å². The number of sulfonamides is 1. The van der Waals surface area contributed by atoms with E-state index in [2.05, 4.69) is 5.32 Å². The second kappa shape index (κ2) is 14.4. The normalized spacial score (nSPS) is 14.1. The van der Waals surface area contributed by atoms with Gasteiger partial charge in [0.25, 0.3) is 10.0 Å². The Kier molecular flexibility index (Phi) is 10.6. The van der Waals surface area contributed by atoms with Crippen LogP contribution in [0.2, 0.25) is 0 Å². The number of hydrogen-bond acceptors (Lipinski definition) is 6. The molecule has 0 radical (unpaired) electrons. The summed E-state index contributed by atoms with van der Waals surface area (Å²) in [4.78, 5) is 29.0. The van der Waals surface area contributed by atoms with Crippen molar-refractivity contribution >= 4 is 27.5 Å². The van der Waals surface area contributed by atoms with Crippen LogP contribution in [0.25, 0.3) is 0 Å². The molecule has 1 N–H and O–H groups in total. The van der Waals surface area contributed by atoms with Crippen molar-refractivity contribution in [3.8, 4) is 11.5 Å². The summed E-state index contributed by atoms with van der Waals surface area (Å²) >= 11 is 0. The van der Waals surface area contributed by atoms with Crippen LogP contribution in [0.15, 0.2) is 77.7 Å². The first kappa shape index (κ1) is 31.8. The Morgan fingerprint density at radius 1 is 0.907 bits per heavy atom. The van der Waals surface area contributed by atoms with E-state index in [1.165, 1.54) is 48.4 Å². The van der Waals surface area contributed by atoms with Crippen molar-refractivity contribution in [2.75, 3.05) is 25.1 Å². The van der Waals surface area contributed by atoms with Crippen LogP contribution in [-0.2, 0) is 26.2 Å². The van der Waals surface area contributed by atoms with Crippen molar-refractivity contribution in [2.45, 2.75) is 62.6 Å². The van der Waals surface area contributed by atoms with Crippen LogP contribution < -0.4 is 19.1 Å². The highest BCUT2D eigenvalue weighted by Gasteiger charge is 2.34. The number of anilines is 1. The molecule has 0 bridgehead atoms. The lowest BCUT2D eigenvalue weighted by atomic mass is 10.1. The molecule has 3 aromatic carbocycles. The topological polar surface area (TPSA) is 105 Å². The Hall–Kier alpha value is -4.12. The van der Waals surface area contributed by atoms with Crippen molar-refractivity contribution in [1.82, 2.24) is 10.2 Å². The number of carbonyl (C=O) groups is 2. The number of nitrogens with one attached hydrogen (secondary N) is 1. The molecule has 0 aromatic heterocycles. The molecule has 4 rings (SSSR count). The van der Waals surface area contributed by atoms with E-state index in [9.17, 15) is 22.4 Å². The predicted octanol–water partition coefficient (Wildman–Crippen LogP) is 4.90. The van der Waals surface area contributed by atoms with Crippen LogP contribution in [0.1, 0.15) is 44.6 Å². The summed E-state index contributed by atoms with van der Waals surface area (Å²) in [5, 5.41) is 3.09. The standard InChI is InChI=1S/C32H38FN3O6S/c1-4-30(32(38)34-25-7-5-6-8-25)35(21-23-9-15-27(41-2)16-10-23)31(37)22-36(26-13-11-24(33)12-14-26)43(39,40)29-19-17-28(42-3)18-20-29/h9-20,25,30H,4-8,21-22H2,1-3H3,(H,34,38). The SMILES string of the molecule is CCC(C(=O)NC1CCCC1)N(Cc1ccc(OC)cc1)C(=O)CN(c1ccc(F)cc1)S(=O)(=O)c1ccc(OC)cc1. The lowest BCUT2D eigenvalue weighted by molar-refractivity contribution is -0.140. The molecule has 0 aliphatic heterocycles. The Morgan fingerprint density at radius 3 is 2.00 bits per heavy atom. The largest absolute Gasteiger partial charge is 0.497 e. The minimum absolute atomic E-state index is 0.0469. The summed E-state index contributed by atoms with van der Waals surface area (Å²) in [6, 6.07) is 17.0. The molecule has 3 aromatic rings. The number of methoxy groups -OCH3 is 2. The average Bonchev–Trinajstić information content (AvgIpc) is 3.53. The molecular weight excluding hydrogens is 573 g/mol. The number of amides is 2. The van der Waals surface area contributed by atoms with E-state index < -0.39 is 34.3 Å². The van der Waals surface area contributed by atoms with Crippen molar-refractivity contribution in [3.63, 3.8) is 0 Å². The second-order valence-electron chi connectivity index (χ2n) is 10.4. The number of rotatable bonds is 13.